The number of nitrogens with one attached hydrogen (secondary N) is 1. The first-order valence-electron chi connectivity index (χ1n) is 28.5. The van der Waals surface area contributed by atoms with Crippen molar-refractivity contribution in [2.75, 3.05) is 77.3 Å². The number of aliphatic imine (C=N–C) groups is 1. The molecule has 462 valence electrons. The number of ether oxygens (including phenoxy) is 3. The minimum atomic E-state index is -1.37. The number of carboxylic acids is 1. The summed E-state index contributed by atoms with van der Waals surface area (Å²) < 4.78 is 25.5. The third kappa shape index (κ3) is 16.0. The first-order valence-corrected chi connectivity index (χ1v) is 31.2. The number of aromatic hydroxyl groups is 2. The lowest BCUT2D eigenvalue weighted by molar-refractivity contribution is -0.668. The van der Waals surface area contributed by atoms with Crippen LogP contribution in [-0.2, 0) is 56.5 Å². The predicted octanol–water partition coefficient (Wildman–Crippen LogP) is 4.31. The fourth-order valence-electron chi connectivity index (χ4n) is 10.1. The van der Waals surface area contributed by atoms with E-state index in [9.17, 15) is 44.1 Å². The van der Waals surface area contributed by atoms with E-state index >= 15 is 0 Å². The highest BCUT2D eigenvalue weighted by Gasteiger charge is 2.30. The van der Waals surface area contributed by atoms with Gasteiger partial charge in [0.05, 0.1) is 61.8 Å². The van der Waals surface area contributed by atoms with Crippen molar-refractivity contribution in [2.45, 2.75) is 90.2 Å². The number of nitrogens with zero attached hydrogens (tertiary/aromatic N) is 9. The number of fused-ring (bicyclic) bond motifs is 4. The summed E-state index contributed by atoms with van der Waals surface area (Å²) in [7, 11) is 0. The molecule has 3 aromatic heterocycles. The van der Waals surface area contributed by atoms with Crippen LogP contribution in [-0.4, -0.2) is 146 Å². The van der Waals surface area contributed by atoms with Crippen molar-refractivity contribution in [1.29, 1.82) is 0 Å². The Bertz CT molecular complexity index is 3970. The van der Waals surface area contributed by atoms with Gasteiger partial charge in [-0.25, -0.2) is 9.59 Å². The van der Waals surface area contributed by atoms with Gasteiger partial charge in [-0.2, -0.15) is 4.57 Å². The van der Waals surface area contributed by atoms with Crippen molar-refractivity contribution in [3.8, 4) is 11.8 Å². The normalized spacial score (nSPS) is 15.1. The lowest BCUT2D eigenvalue weighted by atomic mass is 10.1. The Morgan fingerprint density at radius 3 is 2.00 bits per heavy atom. The molecule has 8 N–H and O–H groups in total. The van der Waals surface area contributed by atoms with Gasteiger partial charge in [0.25, 0.3) is 16.1 Å². The Hall–Kier alpha value is -7.88. The lowest BCUT2D eigenvalue weighted by Crippen LogP contribution is -2.52. The van der Waals surface area contributed by atoms with Crippen molar-refractivity contribution in [1.82, 2.24) is 33.4 Å². The molecule has 2 aliphatic rings. The molecule has 2 unspecified atom stereocenters. The molecule has 87 heavy (non-hydrogen) atoms. The minimum Gasteiger partial charge on any atom is -0.494 e. The van der Waals surface area contributed by atoms with Gasteiger partial charge in [-0.3, -0.25) is 42.4 Å². The Morgan fingerprint density at radius 1 is 0.793 bits per heavy atom. The quantitative estimate of drug-likeness (QED) is 0.00996. The van der Waals surface area contributed by atoms with Crippen LogP contribution >= 0.6 is 45.7 Å². The fraction of sp³-hybridized carbons (Fsp3) is 0.400. The number of nitrogens with two attached hydrogens (primary N) is 2. The number of thioether (sulfide) groups is 1. The van der Waals surface area contributed by atoms with Crippen LogP contribution in [0.25, 0.3) is 39.2 Å². The third-order valence-electron chi connectivity index (χ3n) is 14.5. The summed E-state index contributed by atoms with van der Waals surface area (Å²) in [6, 6.07) is 19.1. The summed E-state index contributed by atoms with van der Waals surface area (Å²) in [6.07, 6.45) is 9.74. The molecule has 0 aliphatic carbocycles. The average Bonchev–Trinajstić information content (AvgIpc) is 1.79. The fourth-order valence-corrected chi connectivity index (χ4v) is 12.9. The van der Waals surface area contributed by atoms with Crippen LogP contribution in [0.5, 0.6) is 11.8 Å². The molecule has 8 rings (SSSR count). The Balaban J connectivity index is 0.785. The molecule has 2 aliphatic heterocycles. The van der Waals surface area contributed by atoms with Gasteiger partial charge in [-0.15, -0.1) is 11.5 Å². The molecule has 24 nitrogen and oxygen atoms in total. The van der Waals surface area contributed by atoms with Crippen molar-refractivity contribution in [2.24, 2.45) is 16.5 Å². The highest BCUT2D eigenvalue weighted by molar-refractivity contribution is 14.1. The van der Waals surface area contributed by atoms with Crippen molar-refractivity contribution >= 4 is 108 Å². The van der Waals surface area contributed by atoms with E-state index in [1.165, 1.54) is 38.0 Å². The van der Waals surface area contributed by atoms with Crippen LogP contribution in [0.4, 0.5) is 5.69 Å². The number of carbonyl (C=O) groups excluding carboxylic acids is 1. The second-order valence-electron chi connectivity index (χ2n) is 20.5. The average molecular weight is 1340 g/mol. The second kappa shape index (κ2) is 30.7. The topological polar surface area (TPSA) is 301 Å². The van der Waals surface area contributed by atoms with Crippen LogP contribution in [0.2, 0.25) is 0 Å². The number of hydrogen-bond donors (Lipinski definition) is 6. The molecule has 27 heteroatoms. The maximum Gasteiger partial charge on any atom is 0.334 e. The molecule has 1 amide bonds. The zero-order valence-corrected chi connectivity index (χ0v) is 52.6. The van der Waals surface area contributed by atoms with Crippen LogP contribution in [0.1, 0.15) is 56.7 Å². The maximum atomic E-state index is 13.4. The van der Waals surface area contributed by atoms with Crippen LogP contribution in [0.15, 0.2) is 113 Å². The summed E-state index contributed by atoms with van der Waals surface area (Å²) in [4.78, 5) is 88.3. The van der Waals surface area contributed by atoms with Crippen molar-refractivity contribution in [3.63, 3.8) is 0 Å². The van der Waals surface area contributed by atoms with Gasteiger partial charge >= 0.3 is 17.3 Å². The molecule has 0 bridgehead atoms. The Kier molecular flexibility index (Phi) is 22.9. The monoisotopic (exact) mass is 1340 g/mol. The van der Waals surface area contributed by atoms with E-state index in [0.29, 0.717) is 57.2 Å². The van der Waals surface area contributed by atoms with Crippen LogP contribution in [0.3, 0.4) is 0 Å². The van der Waals surface area contributed by atoms with Gasteiger partial charge in [0.1, 0.15) is 28.9 Å². The first-order chi connectivity index (χ1) is 41.9. The number of amides is 1. The maximum absolute atomic E-state index is 13.4. The van der Waals surface area contributed by atoms with Crippen molar-refractivity contribution in [3.05, 3.63) is 145 Å². The largest absolute Gasteiger partial charge is 0.494 e. The van der Waals surface area contributed by atoms with E-state index < -0.39 is 59.2 Å². The number of carboxylic acid groups (broad SMARTS) is 1. The lowest BCUT2D eigenvalue weighted by Gasteiger charge is -2.42. The van der Waals surface area contributed by atoms with Gasteiger partial charge in [-0.1, -0.05) is 47.4 Å². The molecule has 0 radical (unpaired) electrons. The van der Waals surface area contributed by atoms with Gasteiger partial charge in [-0.05, 0) is 105 Å². The molecule has 0 spiro atoms. The molecule has 0 saturated carbocycles. The highest BCUT2D eigenvalue weighted by atomic mass is 127. The summed E-state index contributed by atoms with van der Waals surface area (Å²) in [5.74, 6) is -3.32. The number of anilines is 1. The van der Waals surface area contributed by atoms with E-state index in [0.717, 1.165) is 52.4 Å². The molecule has 1 saturated heterocycles. The SMILES string of the molecule is CCn1c(=O)c(C=C=CN2CC(C)N(C=C=Cc3c(O)n(CC(=O)NCCOCCOCCOCCN4C(=Cc5sc6ccc7ccccc7c6[n+]5CCCCN=C(N)N)Sc5ccc(I)cc54)c(=O)n(CC)c3=O)CC2C)c(O)n(CC(=O)O)c1=O. The summed E-state index contributed by atoms with van der Waals surface area (Å²) in [6.45, 7) is 10.5. The summed E-state index contributed by atoms with van der Waals surface area (Å²) in [5, 5.41) is 38.5. The second-order valence-corrected chi connectivity index (χ2v) is 23.8. The Morgan fingerprint density at radius 2 is 1.39 bits per heavy atom. The van der Waals surface area contributed by atoms with E-state index in [1.807, 2.05) is 23.6 Å². The molecular weight excluding hydrogens is 1270 g/mol. The number of aliphatic carboxylic acids is 1. The number of hydrogen-bond acceptors (Lipinski definition) is 17. The minimum absolute atomic E-state index is 0.0189. The third-order valence-corrected chi connectivity index (χ3v) is 17.4. The standard InChI is InChI=1S/C60H71IN12O12S2/c1-5-68-54(77)44(15-11-23-66-35-40(4)67(36-39(66)3)24-12-16-45-55(78)69(6-2)60(82)73(57(45)80)38-52(75)76)56(79)72(59(68)81)37-49(74)64-22-27-83-29-31-85-32-30-84-28-26-70-46-33-42(61)18-20-47(46)86-50(70)34-51-71(25-10-9-21-65-58(62)63)53-43-14-8-7-13-41(43)17-19-48(53)87-51/h7-8,13-20,23-24,33-34,39-40H,5-6,9-10,21-22,25-32,35-38H2,1-4H3,(H7-,62,63,64,65,74,75,76,77,78,79,80)/p+1. The zero-order valence-electron chi connectivity index (χ0n) is 48.9. The number of piperazine rings is 1. The molecule has 3 aromatic carbocycles. The number of unbranched alkanes of at least 4 members (excludes halogenated alkanes) is 1. The predicted molar refractivity (Wildman–Crippen MR) is 345 cm³/mol. The number of aryl methyl sites for hydroxylation is 1. The number of aromatic nitrogens is 5. The molecule has 2 atom stereocenters. The van der Waals surface area contributed by atoms with E-state index in [2.05, 4.69) is 115 Å². The molecule has 6 aromatic rings. The van der Waals surface area contributed by atoms with Crippen LogP contribution < -0.4 is 48.7 Å². The Labute approximate surface area is 523 Å². The van der Waals surface area contributed by atoms with Gasteiger partial charge < -0.3 is 61.0 Å². The first kappa shape index (κ1) is 65.1. The number of thiazole rings is 1. The number of halogens is 1. The molecular formula is C60H72IN12O12S2+. The number of carbonyl (C=O) groups is 2. The number of benzene rings is 3. The zero-order chi connectivity index (χ0) is 62.3. The van der Waals surface area contributed by atoms with E-state index in [1.54, 1.807) is 49.3 Å². The molecule has 5 heterocycles. The van der Waals surface area contributed by atoms with E-state index in [-0.39, 0.29) is 62.0 Å². The van der Waals surface area contributed by atoms with Crippen molar-refractivity contribution < 1.29 is 43.7 Å². The van der Waals surface area contributed by atoms with Gasteiger partial charge in [0.15, 0.2) is 12.5 Å². The van der Waals surface area contributed by atoms with Gasteiger partial charge in [0, 0.05) is 85.2 Å². The summed E-state index contributed by atoms with van der Waals surface area (Å²) >= 11 is 5.89. The van der Waals surface area contributed by atoms with Crippen LogP contribution in [0, 0.1) is 3.57 Å². The van der Waals surface area contributed by atoms with E-state index in [4.69, 9.17) is 25.7 Å². The smallest absolute Gasteiger partial charge is 0.334 e. The number of guanidine groups is 1. The van der Waals surface area contributed by atoms with Gasteiger partial charge in [0.2, 0.25) is 23.2 Å². The highest BCUT2D eigenvalue weighted by Crippen LogP contribution is 2.47. The number of rotatable bonds is 28. The molecule has 1 fully saturated rings. The summed E-state index contributed by atoms with van der Waals surface area (Å²) in [5.41, 5.74) is 15.5.